The lowest BCUT2D eigenvalue weighted by Crippen LogP contribution is -2.27. The van der Waals surface area contributed by atoms with Crippen LogP contribution < -0.4 is 0 Å². The maximum Gasteiger partial charge on any atom is 0.157 e. The van der Waals surface area contributed by atoms with Gasteiger partial charge in [0, 0.05) is 5.41 Å². The van der Waals surface area contributed by atoms with Crippen molar-refractivity contribution < 1.29 is 14.6 Å². The predicted molar refractivity (Wildman–Crippen MR) is 84.7 cm³/mol. The third-order valence-corrected chi connectivity index (χ3v) is 4.88. The summed E-state index contributed by atoms with van der Waals surface area (Å²) in [7, 11) is 0. The van der Waals surface area contributed by atoms with Gasteiger partial charge in [-0.1, -0.05) is 43.9 Å². The van der Waals surface area contributed by atoms with Gasteiger partial charge in [0.2, 0.25) is 0 Å². The Kier molecular flexibility index (Phi) is 4.06. The van der Waals surface area contributed by atoms with Crippen LogP contribution in [0.5, 0.6) is 11.5 Å². The highest BCUT2D eigenvalue weighted by Gasteiger charge is 2.35. The van der Waals surface area contributed by atoms with Crippen LogP contribution in [0.4, 0.5) is 4.39 Å². The van der Waals surface area contributed by atoms with Crippen molar-refractivity contribution in [2.45, 2.75) is 43.9 Å². The first-order valence-electron chi connectivity index (χ1n) is 7.90. The predicted octanol–water partition coefficient (Wildman–Crippen LogP) is 4.88. The minimum atomic E-state index is -0.235. The Bertz CT molecular complexity index is 641. The third-order valence-electron chi connectivity index (χ3n) is 4.88. The number of hydrogen-bond donors (Lipinski definition) is 2. The molecule has 116 valence electrons. The molecule has 0 amide bonds. The largest absolute Gasteiger partial charge is 0.504 e. The van der Waals surface area contributed by atoms with Crippen LogP contribution in [-0.4, -0.2) is 10.2 Å². The lowest BCUT2D eigenvalue weighted by molar-refractivity contribution is 0.396. The van der Waals surface area contributed by atoms with E-state index in [9.17, 15) is 14.6 Å². The summed E-state index contributed by atoms with van der Waals surface area (Å²) in [6, 6.07) is 11.8. The minimum absolute atomic E-state index is 0.0942. The molecule has 1 fully saturated rings. The van der Waals surface area contributed by atoms with Crippen molar-refractivity contribution in [3.8, 4) is 11.5 Å². The molecule has 0 spiro atoms. The smallest absolute Gasteiger partial charge is 0.157 e. The van der Waals surface area contributed by atoms with E-state index >= 15 is 0 Å². The van der Waals surface area contributed by atoms with Gasteiger partial charge in [-0.15, -0.1) is 0 Å². The fourth-order valence-corrected chi connectivity index (χ4v) is 3.67. The van der Waals surface area contributed by atoms with Crippen molar-refractivity contribution in [3.63, 3.8) is 0 Å². The van der Waals surface area contributed by atoms with Crippen molar-refractivity contribution in [3.05, 3.63) is 59.4 Å². The second kappa shape index (κ2) is 5.99. The number of hydrogen-bond acceptors (Lipinski definition) is 2. The quantitative estimate of drug-likeness (QED) is 0.613. The van der Waals surface area contributed by atoms with E-state index in [1.807, 2.05) is 18.2 Å². The zero-order valence-corrected chi connectivity index (χ0v) is 12.6. The fourth-order valence-electron chi connectivity index (χ4n) is 3.67. The van der Waals surface area contributed by atoms with Gasteiger partial charge in [-0.2, -0.15) is 0 Å². The van der Waals surface area contributed by atoms with Crippen LogP contribution in [0.3, 0.4) is 0 Å². The highest BCUT2D eigenvalue weighted by atomic mass is 19.1. The van der Waals surface area contributed by atoms with E-state index in [0.717, 1.165) is 36.8 Å². The standard InChI is InChI=1S/C19H21FO2/c20-16-8-5-14(6-9-16)19(11-3-1-2-4-12-19)15-7-10-17(21)18(22)13-15/h5-10,13,21-22H,1-4,11-12H2. The lowest BCUT2D eigenvalue weighted by Gasteiger charge is -2.34. The molecule has 0 aromatic heterocycles. The lowest BCUT2D eigenvalue weighted by atomic mass is 9.69. The molecule has 1 saturated carbocycles. The first kappa shape index (κ1) is 14.9. The summed E-state index contributed by atoms with van der Waals surface area (Å²) in [4.78, 5) is 0. The van der Waals surface area contributed by atoms with E-state index in [2.05, 4.69) is 0 Å². The maximum atomic E-state index is 13.3. The molecule has 3 heteroatoms. The van der Waals surface area contributed by atoms with Crippen LogP contribution in [0.2, 0.25) is 0 Å². The molecule has 22 heavy (non-hydrogen) atoms. The van der Waals surface area contributed by atoms with Crippen LogP contribution in [0.25, 0.3) is 0 Å². The highest BCUT2D eigenvalue weighted by molar-refractivity contribution is 5.47. The van der Waals surface area contributed by atoms with Gasteiger partial charge in [-0.25, -0.2) is 4.39 Å². The molecule has 0 radical (unpaired) electrons. The minimum Gasteiger partial charge on any atom is -0.504 e. The zero-order chi connectivity index (χ0) is 15.6. The first-order chi connectivity index (χ1) is 10.6. The van der Waals surface area contributed by atoms with Crippen LogP contribution in [-0.2, 0) is 5.41 Å². The van der Waals surface area contributed by atoms with Crippen LogP contribution >= 0.6 is 0 Å². The molecule has 0 bridgehead atoms. The number of benzene rings is 2. The summed E-state index contributed by atoms with van der Waals surface area (Å²) in [6.07, 6.45) is 6.57. The SMILES string of the molecule is Oc1ccc(C2(c3ccc(F)cc3)CCCCCC2)cc1O. The van der Waals surface area contributed by atoms with Gasteiger partial charge in [0.1, 0.15) is 5.82 Å². The van der Waals surface area contributed by atoms with E-state index in [1.54, 1.807) is 12.1 Å². The van der Waals surface area contributed by atoms with Crippen molar-refractivity contribution in [1.29, 1.82) is 0 Å². The Balaban J connectivity index is 2.13. The number of aromatic hydroxyl groups is 2. The number of phenols is 2. The molecule has 1 aliphatic rings. The number of phenolic OH excluding ortho intramolecular Hbond substituents is 2. The van der Waals surface area contributed by atoms with Gasteiger partial charge in [-0.05, 0) is 48.2 Å². The van der Waals surface area contributed by atoms with Crippen molar-refractivity contribution in [2.75, 3.05) is 0 Å². The van der Waals surface area contributed by atoms with E-state index in [0.29, 0.717) is 0 Å². The molecule has 3 rings (SSSR count). The molecule has 0 aliphatic heterocycles. The highest BCUT2D eigenvalue weighted by Crippen LogP contribution is 2.45. The normalized spacial score (nSPS) is 17.9. The van der Waals surface area contributed by atoms with Crippen molar-refractivity contribution in [2.24, 2.45) is 0 Å². The van der Waals surface area contributed by atoms with Gasteiger partial charge < -0.3 is 10.2 Å². The molecule has 0 saturated heterocycles. The second-order valence-electron chi connectivity index (χ2n) is 6.21. The number of halogens is 1. The molecule has 1 aliphatic carbocycles. The summed E-state index contributed by atoms with van der Waals surface area (Å²) in [5.41, 5.74) is 1.87. The summed E-state index contributed by atoms with van der Waals surface area (Å²) in [5.74, 6) is -0.434. The zero-order valence-electron chi connectivity index (χ0n) is 12.6. The third kappa shape index (κ3) is 2.68. The Morgan fingerprint density at radius 2 is 1.32 bits per heavy atom. The molecule has 0 atom stereocenters. The average Bonchev–Trinajstić information content (AvgIpc) is 2.77. The van der Waals surface area contributed by atoms with E-state index in [-0.39, 0.29) is 22.7 Å². The maximum absolute atomic E-state index is 13.3. The van der Waals surface area contributed by atoms with Gasteiger partial charge in [0.15, 0.2) is 11.5 Å². The first-order valence-corrected chi connectivity index (χ1v) is 7.90. The molecule has 2 N–H and O–H groups in total. The molecule has 0 heterocycles. The molecular weight excluding hydrogens is 279 g/mol. The monoisotopic (exact) mass is 300 g/mol. The Morgan fingerprint density at radius 3 is 1.91 bits per heavy atom. The van der Waals surface area contributed by atoms with Crippen molar-refractivity contribution >= 4 is 0 Å². The van der Waals surface area contributed by atoms with E-state index in [4.69, 9.17) is 0 Å². The topological polar surface area (TPSA) is 40.5 Å². The van der Waals surface area contributed by atoms with E-state index in [1.165, 1.54) is 25.0 Å². The molecule has 0 unspecified atom stereocenters. The molecule has 2 aromatic carbocycles. The van der Waals surface area contributed by atoms with Crippen LogP contribution in [0.15, 0.2) is 42.5 Å². The Labute approximate surface area is 130 Å². The van der Waals surface area contributed by atoms with Gasteiger partial charge in [0.05, 0.1) is 0 Å². The van der Waals surface area contributed by atoms with Crippen LogP contribution in [0.1, 0.15) is 49.7 Å². The fraction of sp³-hybridized carbons (Fsp3) is 0.368. The van der Waals surface area contributed by atoms with Crippen LogP contribution in [0, 0.1) is 5.82 Å². The number of rotatable bonds is 2. The van der Waals surface area contributed by atoms with Crippen molar-refractivity contribution in [1.82, 2.24) is 0 Å². The average molecular weight is 300 g/mol. The van der Waals surface area contributed by atoms with Gasteiger partial charge >= 0.3 is 0 Å². The Morgan fingerprint density at radius 1 is 0.727 bits per heavy atom. The molecule has 2 aromatic rings. The summed E-state index contributed by atoms with van der Waals surface area (Å²) < 4.78 is 13.3. The molecular formula is C19H21FO2. The molecule has 2 nitrogen and oxygen atoms in total. The summed E-state index contributed by atoms with van der Waals surface area (Å²) in [5, 5.41) is 19.5. The van der Waals surface area contributed by atoms with Gasteiger partial charge in [0.25, 0.3) is 0 Å². The Hall–Kier alpha value is -2.03. The van der Waals surface area contributed by atoms with E-state index < -0.39 is 0 Å². The summed E-state index contributed by atoms with van der Waals surface area (Å²) in [6.45, 7) is 0. The second-order valence-corrected chi connectivity index (χ2v) is 6.21. The summed E-state index contributed by atoms with van der Waals surface area (Å²) >= 11 is 0. The van der Waals surface area contributed by atoms with Gasteiger partial charge in [-0.3, -0.25) is 0 Å².